The number of carbonyl (C=O) groups excluding carboxylic acids is 3. The second-order valence-electron chi connectivity index (χ2n) is 10.5. The van der Waals surface area contributed by atoms with Crippen LogP contribution in [-0.2, 0) is 38.1 Å². The van der Waals surface area contributed by atoms with Crippen molar-refractivity contribution < 1.29 is 78.9 Å². The van der Waals surface area contributed by atoms with Crippen LogP contribution in [0.4, 0.5) is 0 Å². The first-order valence-corrected chi connectivity index (χ1v) is 13.5. The van der Waals surface area contributed by atoms with Gasteiger partial charge in [-0.25, -0.2) is 0 Å². The van der Waals surface area contributed by atoms with Gasteiger partial charge in [0.25, 0.3) is 0 Å². The highest BCUT2D eigenvalue weighted by Gasteiger charge is 2.54. The van der Waals surface area contributed by atoms with E-state index in [0.29, 0.717) is 0 Å². The highest BCUT2D eigenvalue weighted by Crippen LogP contribution is 2.32. The van der Waals surface area contributed by atoms with Crippen molar-refractivity contribution in [2.24, 2.45) is 0 Å². The minimum atomic E-state index is -1.77. The Kier molecular flexibility index (Phi) is 12.5. The Bertz CT molecular complexity index is 962. The number of hydrogen-bond donors (Lipinski definition) is 11. The monoisotopic (exact) mass is 627 g/mol. The summed E-state index contributed by atoms with van der Waals surface area (Å²) < 4.78 is 28.3. The second kappa shape index (κ2) is 15.3. The Labute approximate surface area is 245 Å². The molecule has 3 aliphatic rings. The van der Waals surface area contributed by atoms with Crippen LogP contribution in [0.2, 0.25) is 0 Å². The molecule has 3 fully saturated rings. The molecule has 0 aromatic carbocycles. The zero-order chi connectivity index (χ0) is 32.2. The van der Waals surface area contributed by atoms with E-state index >= 15 is 0 Å². The van der Waals surface area contributed by atoms with Gasteiger partial charge in [-0.3, -0.25) is 14.4 Å². The molecule has 3 saturated heterocycles. The number of ether oxygens (including phenoxy) is 5. The van der Waals surface area contributed by atoms with Gasteiger partial charge < -0.3 is 80.5 Å². The smallest absolute Gasteiger partial charge is 0.217 e. The van der Waals surface area contributed by atoms with Crippen molar-refractivity contribution in [2.45, 2.75) is 113 Å². The summed E-state index contributed by atoms with van der Waals surface area (Å²) >= 11 is 0. The minimum absolute atomic E-state index is 0.628. The lowest BCUT2D eigenvalue weighted by molar-refractivity contribution is -0.351. The standard InChI is InChI=1S/C24H41N3O16/c1-7(31)25-13-18(36)20(11(5-29)39-22(13)38)42-24-15(27-9(3)33)19(37)21(12(6-30)41-24)43-23-14(26-8(2)32)17(35)16(34)10(4-28)40-23/h10-24,28-30,34-38H,4-6H2,1-3H3,(H,25,31)(H,26,32)(H,27,33)/t10-,11-,12-,13+,14+,15-,16+,17-,18-,19-,20+,21+,22-,23+,24+/m1/s1. The molecule has 0 aromatic rings. The average Bonchev–Trinajstić information content (AvgIpc) is 2.94. The van der Waals surface area contributed by atoms with E-state index in [1.165, 1.54) is 0 Å². The van der Waals surface area contributed by atoms with Crippen LogP contribution < -0.4 is 16.0 Å². The third-order valence-corrected chi connectivity index (χ3v) is 7.30. The molecular weight excluding hydrogens is 586 g/mol. The van der Waals surface area contributed by atoms with Gasteiger partial charge in [-0.15, -0.1) is 0 Å². The van der Waals surface area contributed by atoms with Crippen molar-refractivity contribution in [3.8, 4) is 0 Å². The summed E-state index contributed by atoms with van der Waals surface area (Å²) in [5, 5.41) is 90.0. The molecule has 0 aliphatic carbocycles. The lowest BCUT2D eigenvalue weighted by Gasteiger charge is -2.49. The second-order valence-corrected chi connectivity index (χ2v) is 10.5. The third kappa shape index (κ3) is 8.14. The number of rotatable bonds is 10. The summed E-state index contributed by atoms with van der Waals surface area (Å²) in [6.07, 6.45) is -19.0. The van der Waals surface area contributed by atoms with Crippen LogP contribution in [0.15, 0.2) is 0 Å². The fraction of sp³-hybridized carbons (Fsp3) is 0.875. The molecule has 3 aliphatic heterocycles. The molecular formula is C24H41N3O16. The van der Waals surface area contributed by atoms with Gasteiger partial charge in [0, 0.05) is 20.8 Å². The van der Waals surface area contributed by atoms with Gasteiger partial charge in [-0.2, -0.15) is 0 Å². The normalized spacial score (nSPS) is 43.5. The summed E-state index contributed by atoms with van der Waals surface area (Å²) in [6.45, 7) is 0.995. The van der Waals surface area contributed by atoms with Gasteiger partial charge in [-0.1, -0.05) is 0 Å². The van der Waals surface area contributed by atoms with E-state index in [1.54, 1.807) is 0 Å². The van der Waals surface area contributed by atoms with Gasteiger partial charge in [0.2, 0.25) is 17.7 Å². The Morgan fingerprint density at radius 2 is 0.930 bits per heavy atom. The summed E-state index contributed by atoms with van der Waals surface area (Å²) in [6, 6.07) is -4.31. The topological polar surface area (TPSA) is 295 Å². The summed E-state index contributed by atoms with van der Waals surface area (Å²) in [5.41, 5.74) is 0. The summed E-state index contributed by atoms with van der Waals surface area (Å²) in [4.78, 5) is 35.5. The van der Waals surface area contributed by atoms with Gasteiger partial charge in [-0.05, 0) is 0 Å². The molecule has 0 radical (unpaired) electrons. The van der Waals surface area contributed by atoms with Crippen LogP contribution in [0.25, 0.3) is 0 Å². The van der Waals surface area contributed by atoms with Gasteiger partial charge in [0.15, 0.2) is 18.9 Å². The Hall–Kier alpha value is -2.11. The predicted molar refractivity (Wildman–Crippen MR) is 136 cm³/mol. The highest BCUT2D eigenvalue weighted by molar-refractivity contribution is 5.74. The van der Waals surface area contributed by atoms with E-state index in [-0.39, 0.29) is 0 Å². The number of hydrogen-bond acceptors (Lipinski definition) is 16. The first-order chi connectivity index (χ1) is 20.2. The maximum absolute atomic E-state index is 12.1. The third-order valence-electron chi connectivity index (χ3n) is 7.30. The van der Waals surface area contributed by atoms with E-state index in [4.69, 9.17) is 23.7 Å². The van der Waals surface area contributed by atoms with Crippen molar-refractivity contribution in [3.05, 3.63) is 0 Å². The van der Waals surface area contributed by atoms with Gasteiger partial charge in [0.1, 0.15) is 73.1 Å². The molecule has 0 aromatic heterocycles. The minimum Gasteiger partial charge on any atom is -0.394 e. The van der Waals surface area contributed by atoms with Crippen LogP contribution in [-0.4, -0.2) is 170 Å². The van der Waals surface area contributed by atoms with Crippen LogP contribution in [0.5, 0.6) is 0 Å². The molecule has 248 valence electrons. The van der Waals surface area contributed by atoms with E-state index in [1.807, 2.05) is 0 Å². The van der Waals surface area contributed by atoms with E-state index in [2.05, 4.69) is 16.0 Å². The van der Waals surface area contributed by atoms with Crippen molar-refractivity contribution in [1.29, 1.82) is 0 Å². The van der Waals surface area contributed by atoms with Crippen LogP contribution in [0.1, 0.15) is 20.8 Å². The van der Waals surface area contributed by atoms with Crippen molar-refractivity contribution >= 4 is 17.7 Å². The lowest BCUT2D eigenvalue weighted by atomic mass is 9.93. The first-order valence-electron chi connectivity index (χ1n) is 13.5. The molecule has 0 unspecified atom stereocenters. The lowest BCUT2D eigenvalue weighted by Crippen LogP contribution is -2.71. The number of aliphatic hydroxyl groups excluding tert-OH is 8. The molecule has 15 atom stereocenters. The van der Waals surface area contributed by atoms with E-state index < -0.39 is 129 Å². The molecule has 43 heavy (non-hydrogen) atoms. The number of aliphatic hydroxyl groups is 8. The fourth-order valence-electron chi connectivity index (χ4n) is 5.28. The van der Waals surface area contributed by atoms with E-state index in [0.717, 1.165) is 20.8 Å². The maximum Gasteiger partial charge on any atom is 0.217 e. The first kappa shape index (κ1) is 35.4. The maximum atomic E-state index is 12.1. The van der Waals surface area contributed by atoms with Gasteiger partial charge >= 0.3 is 0 Å². The number of carbonyl (C=O) groups is 3. The molecule has 0 bridgehead atoms. The zero-order valence-electron chi connectivity index (χ0n) is 23.6. The molecule has 0 saturated carbocycles. The molecule has 11 N–H and O–H groups in total. The van der Waals surface area contributed by atoms with Crippen LogP contribution >= 0.6 is 0 Å². The molecule has 3 rings (SSSR count). The Morgan fingerprint density at radius 3 is 1.37 bits per heavy atom. The summed E-state index contributed by atoms with van der Waals surface area (Å²) in [5.74, 6) is -1.96. The molecule has 19 nitrogen and oxygen atoms in total. The quantitative estimate of drug-likeness (QED) is 0.107. The van der Waals surface area contributed by atoms with Gasteiger partial charge in [0.05, 0.1) is 19.8 Å². The Morgan fingerprint density at radius 1 is 0.558 bits per heavy atom. The largest absolute Gasteiger partial charge is 0.394 e. The Balaban J connectivity index is 1.89. The predicted octanol–water partition coefficient (Wildman–Crippen LogP) is -7.14. The van der Waals surface area contributed by atoms with E-state index in [9.17, 15) is 55.2 Å². The van der Waals surface area contributed by atoms with Crippen molar-refractivity contribution in [2.75, 3.05) is 19.8 Å². The summed E-state index contributed by atoms with van der Waals surface area (Å²) in [7, 11) is 0. The van der Waals surface area contributed by atoms with Crippen molar-refractivity contribution in [3.63, 3.8) is 0 Å². The van der Waals surface area contributed by atoms with Crippen LogP contribution in [0.3, 0.4) is 0 Å². The van der Waals surface area contributed by atoms with Crippen molar-refractivity contribution in [1.82, 2.24) is 16.0 Å². The zero-order valence-corrected chi connectivity index (χ0v) is 23.6. The number of amides is 3. The SMILES string of the molecule is CC(=O)N[C@@H]1[C@H](O[C@@H]2[C@H](O)[C@@H](NC(C)=O)[C@H](O[C@@H]3[C@H](O)[C@H](NC(C)=O)[C@H](O)O[C@@H]3CO)O[C@@H]2CO)O[C@H](CO)[C@H](O)[C@@H]1O. The number of nitrogens with one attached hydrogen (secondary N) is 3. The molecule has 0 spiro atoms. The molecule has 19 heteroatoms. The average molecular weight is 628 g/mol. The highest BCUT2D eigenvalue weighted by atomic mass is 16.7. The molecule has 3 heterocycles. The van der Waals surface area contributed by atoms with Crippen LogP contribution in [0, 0.1) is 0 Å². The molecule has 3 amide bonds. The fourth-order valence-corrected chi connectivity index (χ4v) is 5.28.